The molecule has 0 saturated heterocycles. The van der Waals surface area contributed by atoms with Crippen LogP contribution in [-0.2, 0) is 0 Å². The molecule has 2 heteroatoms. The summed E-state index contributed by atoms with van der Waals surface area (Å²) in [4.78, 5) is 2.45. The van der Waals surface area contributed by atoms with Gasteiger partial charge in [-0.05, 0) is 94.1 Å². The van der Waals surface area contributed by atoms with E-state index in [-0.39, 0.29) is 5.92 Å². The molecule has 222 valence electrons. The Labute approximate surface area is 274 Å². The normalized spacial score (nSPS) is 14.1. The van der Waals surface area contributed by atoms with E-state index in [0.29, 0.717) is 0 Å². The van der Waals surface area contributed by atoms with Gasteiger partial charge in [0.1, 0.15) is 11.0 Å². The zero-order valence-electron chi connectivity index (χ0n) is 26.1. The highest BCUT2D eigenvalue weighted by Crippen LogP contribution is 2.39. The predicted molar refractivity (Wildman–Crippen MR) is 196 cm³/mol. The Hall–Kier alpha value is -6.04. The SMILES string of the molecule is CC1CC=c2oc3c(cc(-c4ccccc4)c4ccccc43)c2=C1N(c1ccc(-c2ccccc2)cc1)c1ccc2c#cccc2c1. The molecular formula is C45H31NO. The molecule has 8 aromatic rings. The average Bonchev–Trinajstić information content (AvgIpc) is 3.52. The number of hydrogen-bond acceptors (Lipinski definition) is 2. The Morgan fingerprint density at radius 3 is 2.11 bits per heavy atom. The first-order chi connectivity index (χ1) is 23.2. The molecule has 9 rings (SSSR count). The maximum Gasteiger partial charge on any atom is 0.143 e. The average molecular weight is 602 g/mol. The fourth-order valence-electron chi connectivity index (χ4n) is 7.23. The number of anilines is 2. The van der Waals surface area contributed by atoms with E-state index in [1.54, 1.807) is 0 Å². The van der Waals surface area contributed by atoms with Crippen LogP contribution in [0.1, 0.15) is 13.3 Å². The fraction of sp³-hybridized carbons (Fsp3) is 0.0667. The van der Waals surface area contributed by atoms with Gasteiger partial charge in [-0.3, -0.25) is 0 Å². The number of furan rings is 1. The molecule has 0 aliphatic heterocycles. The van der Waals surface area contributed by atoms with Crippen LogP contribution in [0.2, 0.25) is 0 Å². The van der Waals surface area contributed by atoms with E-state index in [2.05, 4.69) is 170 Å². The quantitative estimate of drug-likeness (QED) is 0.195. The number of benzene rings is 6. The van der Waals surface area contributed by atoms with Gasteiger partial charge in [0, 0.05) is 44.4 Å². The molecule has 0 amide bonds. The first kappa shape index (κ1) is 27.3. The lowest BCUT2D eigenvalue weighted by Crippen LogP contribution is -2.36. The summed E-state index contributed by atoms with van der Waals surface area (Å²) in [5.74, 6) is 0.245. The van der Waals surface area contributed by atoms with Crippen molar-refractivity contribution in [3.8, 4) is 22.3 Å². The van der Waals surface area contributed by atoms with Gasteiger partial charge in [-0.15, -0.1) is 0 Å². The smallest absolute Gasteiger partial charge is 0.143 e. The van der Waals surface area contributed by atoms with Crippen LogP contribution in [0.3, 0.4) is 0 Å². The van der Waals surface area contributed by atoms with E-state index in [1.807, 2.05) is 6.07 Å². The third-order valence-electron chi connectivity index (χ3n) is 9.51. The number of rotatable bonds is 5. The van der Waals surface area contributed by atoms with Crippen molar-refractivity contribution in [3.63, 3.8) is 0 Å². The van der Waals surface area contributed by atoms with Gasteiger partial charge in [0.2, 0.25) is 0 Å². The molecule has 7 aromatic carbocycles. The van der Waals surface area contributed by atoms with Crippen LogP contribution < -0.4 is 15.5 Å². The van der Waals surface area contributed by atoms with E-state index in [0.717, 1.165) is 50.3 Å². The van der Waals surface area contributed by atoms with Crippen molar-refractivity contribution in [2.45, 2.75) is 13.3 Å². The molecule has 0 spiro atoms. The summed E-state index contributed by atoms with van der Waals surface area (Å²) in [7, 11) is 0. The van der Waals surface area contributed by atoms with E-state index in [4.69, 9.17) is 4.42 Å². The van der Waals surface area contributed by atoms with Gasteiger partial charge >= 0.3 is 0 Å². The van der Waals surface area contributed by atoms with Gasteiger partial charge in [-0.2, -0.15) is 0 Å². The molecule has 0 fully saturated rings. The lowest BCUT2D eigenvalue weighted by molar-refractivity contribution is 0.567. The Morgan fingerprint density at radius 2 is 1.32 bits per heavy atom. The molecule has 1 aromatic heterocycles. The second-order valence-corrected chi connectivity index (χ2v) is 12.4. The van der Waals surface area contributed by atoms with E-state index in [1.165, 1.54) is 38.6 Å². The molecular weight excluding hydrogens is 571 g/mol. The lowest BCUT2D eigenvalue weighted by atomic mass is 9.91. The van der Waals surface area contributed by atoms with E-state index >= 15 is 0 Å². The molecule has 1 atom stereocenters. The minimum absolute atomic E-state index is 0.245. The Kier molecular flexibility index (Phi) is 6.44. The fourth-order valence-corrected chi connectivity index (χ4v) is 7.23. The minimum atomic E-state index is 0.245. The summed E-state index contributed by atoms with van der Waals surface area (Å²) in [6.45, 7) is 2.34. The van der Waals surface area contributed by atoms with Crippen molar-refractivity contribution in [1.29, 1.82) is 0 Å². The van der Waals surface area contributed by atoms with Crippen molar-refractivity contribution in [3.05, 3.63) is 168 Å². The maximum atomic E-state index is 6.83. The van der Waals surface area contributed by atoms with Gasteiger partial charge < -0.3 is 9.32 Å². The van der Waals surface area contributed by atoms with Gasteiger partial charge in [0.05, 0.1) is 0 Å². The molecule has 0 saturated carbocycles. The molecule has 0 N–H and O–H groups in total. The standard InChI is InChI=1S/C45H31NO/c1-30-20-27-42-43(41-29-40(34-15-6-3-7-16-34)38-18-10-11-19-39(38)45(41)47-42)44(30)46(37-26-23-32-14-8-9-17-35(32)28-37)36-24-21-33(22-25-36)31-12-4-2-5-13-31/h2-7,9-13,15-19,21-30H,20H2,1H3. The second kappa shape index (κ2) is 11.1. The monoisotopic (exact) mass is 601 g/mol. The van der Waals surface area contributed by atoms with Crippen molar-refractivity contribution < 1.29 is 4.42 Å². The molecule has 0 radical (unpaired) electrons. The van der Waals surface area contributed by atoms with E-state index < -0.39 is 0 Å². The van der Waals surface area contributed by atoms with Crippen molar-refractivity contribution >= 4 is 55.7 Å². The molecule has 1 aliphatic carbocycles. The molecule has 1 aliphatic rings. The molecule has 47 heavy (non-hydrogen) atoms. The summed E-state index contributed by atoms with van der Waals surface area (Å²) in [5, 5.41) is 6.83. The van der Waals surface area contributed by atoms with Gasteiger partial charge in [-0.1, -0.05) is 116 Å². The minimum Gasteiger partial charge on any atom is -0.456 e. The summed E-state index contributed by atoms with van der Waals surface area (Å²) < 4.78 is 6.83. The number of hydrogen-bond donors (Lipinski definition) is 0. The lowest BCUT2D eigenvalue weighted by Gasteiger charge is -2.32. The highest BCUT2D eigenvalue weighted by atomic mass is 16.3. The Bertz CT molecular complexity index is 2540. The van der Waals surface area contributed by atoms with Crippen LogP contribution >= 0.6 is 0 Å². The number of nitrogens with zero attached hydrogens (tertiary/aromatic N) is 1. The second-order valence-electron chi connectivity index (χ2n) is 12.4. The highest BCUT2D eigenvalue weighted by Gasteiger charge is 2.27. The van der Waals surface area contributed by atoms with Crippen LogP contribution in [-0.4, -0.2) is 0 Å². The van der Waals surface area contributed by atoms with E-state index in [9.17, 15) is 0 Å². The molecule has 0 bridgehead atoms. The van der Waals surface area contributed by atoms with Crippen molar-refractivity contribution in [2.24, 2.45) is 5.92 Å². The summed E-state index contributed by atoms with van der Waals surface area (Å²) in [5.41, 5.74) is 10.2. The zero-order valence-corrected chi connectivity index (χ0v) is 26.1. The van der Waals surface area contributed by atoms with Crippen molar-refractivity contribution in [2.75, 3.05) is 4.90 Å². The van der Waals surface area contributed by atoms with Crippen LogP contribution in [0, 0.1) is 18.1 Å². The van der Waals surface area contributed by atoms with Gasteiger partial charge in [0.25, 0.3) is 0 Å². The third-order valence-corrected chi connectivity index (χ3v) is 9.51. The van der Waals surface area contributed by atoms with Gasteiger partial charge in [0.15, 0.2) is 0 Å². The summed E-state index contributed by atoms with van der Waals surface area (Å²) in [6, 6.07) is 58.3. The van der Waals surface area contributed by atoms with Crippen molar-refractivity contribution in [1.82, 2.24) is 0 Å². The van der Waals surface area contributed by atoms with Crippen LogP contribution in [0.25, 0.3) is 66.5 Å². The first-order valence-corrected chi connectivity index (χ1v) is 16.2. The number of fused-ring (bicyclic) bond motifs is 6. The molecule has 1 unspecified atom stereocenters. The Balaban J connectivity index is 1.36. The topological polar surface area (TPSA) is 16.4 Å². The first-order valence-electron chi connectivity index (χ1n) is 16.2. The third kappa shape index (κ3) is 4.59. The molecule has 2 nitrogen and oxygen atoms in total. The molecule has 1 heterocycles. The largest absolute Gasteiger partial charge is 0.456 e. The summed E-state index contributed by atoms with van der Waals surface area (Å²) >= 11 is 0. The zero-order chi connectivity index (χ0) is 31.3. The summed E-state index contributed by atoms with van der Waals surface area (Å²) in [6.07, 6.45) is 3.17. The predicted octanol–water partition coefficient (Wildman–Crippen LogP) is 10.4. The van der Waals surface area contributed by atoms with Crippen LogP contribution in [0.5, 0.6) is 0 Å². The highest BCUT2D eigenvalue weighted by molar-refractivity contribution is 6.12. The Morgan fingerprint density at radius 1 is 0.638 bits per heavy atom. The van der Waals surface area contributed by atoms with Crippen LogP contribution in [0.15, 0.2) is 150 Å². The van der Waals surface area contributed by atoms with Crippen LogP contribution in [0.4, 0.5) is 11.4 Å². The maximum absolute atomic E-state index is 6.83. The van der Waals surface area contributed by atoms with Gasteiger partial charge in [-0.25, -0.2) is 0 Å².